The number of aromatic nitrogens is 1. The number of rotatable bonds is 5. The smallest absolute Gasteiger partial charge is 0.122 e. The molecule has 1 aliphatic rings. The highest BCUT2D eigenvalue weighted by Crippen LogP contribution is 2.33. The lowest BCUT2D eigenvalue weighted by atomic mass is 9.95. The fraction of sp³-hybridized carbons (Fsp3) is 0.667. The number of thioether (sulfide) groups is 1. The van der Waals surface area contributed by atoms with E-state index in [9.17, 15) is 0 Å². The van der Waals surface area contributed by atoms with E-state index in [2.05, 4.69) is 16.1 Å². The second kappa shape index (κ2) is 6.78. The maximum atomic E-state index is 5.94. The van der Waals surface area contributed by atoms with Gasteiger partial charge < -0.3 is 10.5 Å². The zero-order valence-corrected chi connectivity index (χ0v) is 13.5. The summed E-state index contributed by atoms with van der Waals surface area (Å²) in [5.41, 5.74) is 8.04. The molecule has 1 aromatic rings. The summed E-state index contributed by atoms with van der Waals surface area (Å²) >= 11 is 1.92. The van der Waals surface area contributed by atoms with Crippen molar-refractivity contribution in [1.29, 1.82) is 0 Å². The minimum absolute atomic E-state index is 0.286. The van der Waals surface area contributed by atoms with Crippen LogP contribution in [-0.2, 0) is 6.54 Å². The van der Waals surface area contributed by atoms with Gasteiger partial charge in [0, 0.05) is 35.7 Å². The summed E-state index contributed by atoms with van der Waals surface area (Å²) in [6.45, 7) is 5.87. The van der Waals surface area contributed by atoms with Crippen LogP contribution in [0.15, 0.2) is 12.1 Å². The van der Waals surface area contributed by atoms with Crippen LogP contribution in [0.4, 0.5) is 0 Å². The Hall–Kier alpha value is -0.780. The van der Waals surface area contributed by atoms with Gasteiger partial charge in [-0.3, -0.25) is 9.88 Å². The molecule has 1 saturated heterocycles. The van der Waals surface area contributed by atoms with Crippen molar-refractivity contribution in [3.63, 3.8) is 0 Å². The van der Waals surface area contributed by atoms with Crippen molar-refractivity contribution >= 4 is 11.8 Å². The first-order chi connectivity index (χ1) is 9.60. The third-order valence-corrected chi connectivity index (χ3v) is 5.61. The number of nitrogens with two attached hydrogens (primary N) is 1. The highest BCUT2D eigenvalue weighted by Gasteiger charge is 2.32. The second-order valence-electron chi connectivity index (χ2n) is 5.51. The molecule has 1 aromatic heterocycles. The van der Waals surface area contributed by atoms with Gasteiger partial charge in [-0.2, -0.15) is 11.8 Å². The number of likely N-dealkylation sites (tertiary alicyclic amines) is 1. The van der Waals surface area contributed by atoms with E-state index in [1.807, 2.05) is 30.8 Å². The van der Waals surface area contributed by atoms with E-state index >= 15 is 0 Å². The van der Waals surface area contributed by atoms with Gasteiger partial charge in [0.15, 0.2) is 0 Å². The fourth-order valence-corrected chi connectivity index (χ4v) is 3.50. The SMILES string of the molecule is COc1cc(C)nc(CN2CCC(CN)(SC)CC2)c1. The standard InChI is InChI=1S/C15H25N3OS/c1-12-8-14(19-2)9-13(17-12)10-18-6-4-15(11-16,20-3)5-7-18/h8-9H,4-7,10-11,16H2,1-3H3. The van der Waals surface area contributed by atoms with Crippen LogP contribution in [0, 0.1) is 6.92 Å². The third kappa shape index (κ3) is 3.65. The lowest BCUT2D eigenvalue weighted by Gasteiger charge is -2.40. The number of hydrogen-bond acceptors (Lipinski definition) is 5. The molecule has 0 spiro atoms. The summed E-state index contributed by atoms with van der Waals surface area (Å²) in [6.07, 6.45) is 4.50. The van der Waals surface area contributed by atoms with Gasteiger partial charge in [-0.15, -0.1) is 0 Å². The molecular weight excluding hydrogens is 270 g/mol. The van der Waals surface area contributed by atoms with Gasteiger partial charge >= 0.3 is 0 Å². The molecule has 0 amide bonds. The summed E-state index contributed by atoms with van der Waals surface area (Å²) in [5.74, 6) is 0.893. The van der Waals surface area contributed by atoms with E-state index in [-0.39, 0.29) is 4.75 Å². The predicted molar refractivity (Wildman–Crippen MR) is 85.3 cm³/mol. The molecular formula is C15H25N3OS. The molecule has 5 heteroatoms. The molecule has 20 heavy (non-hydrogen) atoms. The van der Waals surface area contributed by atoms with Gasteiger partial charge in [0.05, 0.1) is 12.8 Å². The largest absolute Gasteiger partial charge is 0.497 e. The summed E-state index contributed by atoms with van der Waals surface area (Å²) in [6, 6.07) is 4.00. The zero-order chi connectivity index (χ0) is 14.6. The van der Waals surface area contributed by atoms with Crippen molar-refractivity contribution in [2.45, 2.75) is 31.1 Å². The zero-order valence-electron chi connectivity index (χ0n) is 12.7. The normalized spacial score (nSPS) is 19.0. The van der Waals surface area contributed by atoms with Gasteiger partial charge in [-0.05, 0) is 39.1 Å². The molecule has 2 heterocycles. The van der Waals surface area contributed by atoms with Gasteiger partial charge in [-0.1, -0.05) is 0 Å². The lowest BCUT2D eigenvalue weighted by molar-refractivity contribution is 0.193. The quantitative estimate of drug-likeness (QED) is 0.901. The summed E-state index contributed by atoms with van der Waals surface area (Å²) in [4.78, 5) is 7.06. The maximum absolute atomic E-state index is 5.94. The molecule has 0 unspecified atom stereocenters. The number of ether oxygens (including phenoxy) is 1. The highest BCUT2D eigenvalue weighted by molar-refractivity contribution is 8.00. The monoisotopic (exact) mass is 295 g/mol. The van der Waals surface area contributed by atoms with Crippen molar-refractivity contribution in [3.8, 4) is 5.75 Å². The van der Waals surface area contributed by atoms with E-state index in [1.54, 1.807) is 7.11 Å². The van der Waals surface area contributed by atoms with Crippen LogP contribution in [0.5, 0.6) is 5.75 Å². The van der Waals surface area contributed by atoms with E-state index in [4.69, 9.17) is 10.5 Å². The van der Waals surface area contributed by atoms with Gasteiger partial charge in [0.25, 0.3) is 0 Å². The van der Waals surface area contributed by atoms with Crippen molar-refractivity contribution < 1.29 is 4.74 Å². The summed E-state index contributed by atoms with van der Waals surface area (Å²) in [7, 11) is 1.70. The highest BCUT2D eigenvalue weighted by atomic mass is 32.2. The third-order valence-electron chi connectivity index (χ3n) is 4.17. The molecule has 0 aromatic carbocycles. The second-order valence-corrected chi connectivity index (χ2v) is 6.78. The molecule has 0 saturated carbocycles. The Balaban J connectivity index is 1.97. The van der Waals surface area contributed by atoms with E-state index in [1.165, 1.54) is 0 Å². The van der Waals surface area contributed by atoms with E-state index in [0.717, 1.165) is 56.2 Å². The first-order valence-electron chi connectivity index (χ1n) is 7.10. The number of hydrogen-bond donors (Lipinski definition) is 1. The molecule has 2 rings (SSSR count). The Labute approximate surface area is 126 Å². The van der Waals surface area contributed by atoms with Crippen LogP contribution in [0.1, 0.15) is 24.2 Å². The predicted octanol–water partition coefficient (Wildman–Crippen LogP) is 2.05. The number of pyridine rings is 1. The molecule has 4 nitrogen and oxygen atoms in total. The Bertz CT molecular complexity index is 439. The summed E-state index contributed by atoms with van der Waals surface area (Å²) < 4.78 is 5.60. The molecule has 2 N–H and O–H groups in total. The van der Waals surface area contributed by atoms with Gasteiger partial charge in [-0.25, -0.2) is 0 Å². The Kier molecular flexibility index (Phi) is 5.29. The van der Waals surface area contributed by atoms with Crippen LogP contribution in [0.2, 0.25) is 0 Å². The Morgan fingerprint density at radius 3 is 2.65 bits per heavy atom. The van der Waals surface area contributed by atoms with E-state index < -0.39 is 0 Å². The van der Waals surface area contributed by atoms with Crippen molar-refractivity contribution in [3.05, 3.63) is 23.5 Å². The number of nitrogens with zero attached hydrogens (tertiary/aromatic N) is 2. The molecule has 1 aliphatic heterocycles. The van der Waals surface area contributed by atoms with Crippen LogP contribution >= 0.6 is 11.8 Å². The van der Waals surface area contributed by atoms with Gasteiger partial charge in [0.2, 0.25) is 0 Å². The van der Waals surface area contributed by atoms with Crippen LogP contribution < -0.4 is 10.5 Å². The van der Waals surface area contributed by atoms with Gasteiger partial charge in [0.1, 0.15) is 5.75 Å². The van der Waals surface area contributed by atoms with E-state index in [0.29, 0.717) is 0 Å². The maximum Gasteiger partial charge on any atom is 0.122 e. The van der Waals surface area contributed by atoms with Crippen LogP contribution in [0.3, 0.4) is 0 Å². The average molecular weight is 295 g/mol. The molecule has 112 valence electrons. The number of methoxy groups -OCH3 is 1. The topological polar surface area (TPSA) is 51.4 Å². The number of aryl methyl sites for hydroxylation is 1. The van der Waals surface area contributed by atoms with Crippen LogP contribution in [0.25, 0.3) is 0 Å². The number of piperidine rings is 1. The molecule has 0 atom stereocenters. The molecule has 0 aliphatic carbocycles. The minimum Gasteiger partial charge on any atom is -0.497 e. The molecule has 0 bridgehead atoms. The Morgan fingerprint density at radius 1 is 1.40 bits per heavy atom. The fourth-order valence-electron chi connectivity index (χ4n) is 2.74. The van der Waals surface area contributed by atoms with Crippen molar-refractivity contribution in [1.82, 2.24) is 9.88 Å². The summed E-state index contributed by atoms with van der Waals surface area (Å²) in [5, 5.41) is 0. The Morgan fingerprint density at radius 2 is 2.10 bits per heavy atom. The lowest BCUT2D eigenvalue weighted by Crippen LogP contribution is -2.46. The van der Waals surface area contributed by atoms with Crippen LogP contribution in [-0.4, -0.2) is 47.6 Å². The van der Waals surface area contributed by atoms with Crippen molar-refractivity contribution in [2.75, 3.05) is 33.0 Å². The molecule has 0 radical (unpaired) electrons. The average Bonchev–Trinajstić information content (AvgIpc) is 2.48. The molecule has 1 fully saturated rings. The van der Waals surface area contributed by atoms with Crippen molar-refractivity contribution in [2.24, 2.45) is 5.73 Å². The first-order valence-corrected chi connectivity index (χ1v) is 8.32. The minimum atomic E-state index is 0.286. The first kappa shape index (κ1) is 15.6.